The van der Waals surface area contributed by atoms with Gasteiger partial charge in [-0.1, -0.05) is 29.8 Å². The van der Waals surface area contributed by atoms with Gasteiger partial charge in [-0.05, 0) is 55.7 Å². The molecule has 0 radical (unpaired) electrons. The van der Waals surface area contributed by atoms with E-state index < -0.39 is 16.1 Å². The Labute approximate surface area is 206 Å². The van der Waals surface area contributed by atoms with Crippen molar-refractivity contribution in [2.45, 2.75) is 39.3 Å². The summed E-state index contributed by atoms with van der Waals surface area (Å²) in [4.78, 5) is 27.0. The quantitative estimate of drug-likeness (QED) is 0.501. The van der Waals surface area contributed by atoms with E-state index in [2.05, 4.69) is 5.32 Å². The second-order valence-electron chi connectivity index (χ2n) is 7.99. The molecule has 0 aliphatic heterocycles. The van der Waals surface area contributed by atoms with Crippen LogP contribution in [0.3, 0.4) is 0 Å². The van der Waals surface area contributed by atoms with E-state index >= 15 is 0 Å². The third-order valence-corrected chi connectivity index (χ3v) is 7.15. The second-order valence-corrected chi connectivity index (χ2v) is 10.3. The molecule has 0 bridgehead atoms. The molecule has 0 saturated carbocycles. The van der Waals surface area contributed by atoms with Crippen molar-refractivity contribution in [2.75, 3.05) is 31.3 Å². The number of ether oxygens (including phenoxy) is 1. The summed E-state index contributed by atoms with van der Waals surface area (Å²) in [5.74, 6) is 0.108. The number of rotatable bonds is 11. The molecule has 34 heavy (non-hydrogen) atoms. The molecular formula is C24H32ClN3O5S. The van der Waals surface area contributed by atoms with E-state index in [1.54, 1.807) is 45.2 Å². The van der Waals surface area contributed by atoms with Gasteiger partial charge >= 0.3 is 0 Å². The van der Waals surface area contributed by atoms with Crippen LogP contribution < -0.4 is 14.4 Å². The van der Waals surface area contributed by atoms with Crippen LogP contribution in [0.15, 0.2) is 42.5 Å². The first-order valence-corrected chi connectivity index (χ1v) is 13.1. The number of sulfonamides is 1. The molecule has 1 atom stereocenters. The van der Waals surface area contributed by atoms with E-state index in [0.717, 1.165) is 11.8 Å². The van der Waals surface area contributed by atoms with Crippen molar-refractivity contribution >= 4 is 39.1 Å². The topological polar surface area (TPSA) is 96.0 Å². The summed E-state index contributed by atoms with van der Waals surface area (Å²) in [7, 11) is -0.516. The first kappa shape index (κ1) is 27.5. The minimum absolute atomic E-state index is 0.0664. The third-order valence-electron chi connectivity index (χ3n) is 5.56. The first-order valence-electron chi connectivity index (χ1n) is 10.9. The van der Waals surface area contributed by atoms with Gasteiger partial charge in [0.05, 0.1) is 19.1 Å². The molecule has 2 aromatic carbocycles. The maximum atomic E-state index is 13.2. The number of carbonyl (C=O) groups is 2. The van der Waals surface area contributed by atoms with Crippen molar-refractivity contribution in [1.82, 2.24) is 10.2 Å². The second kappa shape index (κ2) is 12.1. The number of methoxy groups -OCH3 is 1. The lowest BCUT2D eigenvalue weighted by Gasteiger charge is -2.29. The maximum absolute atomic E-state index is 13.2. The van der Waals surface area contributed by atoms with Crippen LogP contribution in [0.5, 0.6) is 5.75 Å². The van der Waals surface area contributed by atoms with E-state index in [-0.39, 0.29) is 37.7 Å². The predicted molar refractivity (Wildman–Crippen MR) is 135 cm³/mol. The van der Waals surface area contributed by atoms with Crippen LogP contribution in [0.25, 0.3) is 0 Å². The molecule has 2 amide bonds. The number of nitrogens with one attached hydrogen (secondary N) is 1. The van der Waals surface area contributed by atoms with Gasteiger partial charge in [-0.25, -0.2) is 8.42 Å². The van der Waals surface area contributed by atoms with Crippen LogP contribution in [0.1, 0.15) is 30.9 Å². The third kappa shape index (κ3) is 7.11. The minimum atomic E-state index is -3.59. The van der Waals surface area contributed by atoms with Gasteiger partial charge in [-0.3, -0.25) is 13.9 Å². The Morgan fingerprint density at radius 3 is 2.47 bits per heavy atom. The Balaban J connectivity index is 2.19. The molecule has 0 saturated heterocycles. The van der Waals surface area contributed by atoms with Crippen LogP contribution in [0.4, 0.5) is 5.69 Å². The number of anilines is 1. The van der Waals surface area contributed by atoms with Gasteiger partial charge in [0.2, 0.25) is 21.8 Å². The Hall–Kier alpha value is -2.78. The fourth-order valence-corrected chi connectivity index (χ4v) is 4.79. The van der Waals surface area contributed by atoms with E-state index in [4.69, 9.17) is 16.3 Å². The fraction of sp³-hybridized carbons (Fsp3) is 0.417. The monoisotopic (exact) mass is 509 g/mol. The molecule has 0 aliphatic carbocycles. The number of hydrogen-bond donors (Lipinski definition) is 1. The summed E-state index contributed by atoms with van der Waals surface area (Å²) in [6.45, 7) is 3.73. The average Bonchev–Trinajstić information content (AvgIpc) is 2.80. The van der Waals surface area contributed by atoms with Gasteiger partial charge in [-0.15, -0.1) is 0 Å². The lowest BCUT2D eigenvalue weighted by atomic mass is 10.1. The van der Waals surface area contributed by atoms with Crippen molar-refractivity contribution in [1.29, 1.82) is 0 Å². The summed E-state index contributed by atoms with van der Waals surface area (Å²) in [5, 5.41) is 3.04. The number of halogens is 1. The van der Waals surface area contributed by atoms with Crippen LogP contribution >= 0.6 is 11.6 Å². The van der Waals surface area contributed by atoms with Crippen molar-refractivity contribution < 1.29 is 22.7 Å². The van der Waals surface area contributed by atoms with Gasteiger partial charge in [0, 0.05) is 31.6 Å². The fourth-order valence-electron chi connectivity index (χ4n) is 3.61. The predicted octanol–water partition coefficient (Wildman–Crippen LogP) is 3.37. The Morgan fingerprint density at radius 1 is 1.18 bits per heavy atom. The largest absolute Gasteiger partial charge is 0.497 e. The molecule has 1 N–H and O–H groups in total. The smallest absolute Gasteiger partial charge is 0.242 e. The molecule has 186 valence electrons. The molecule has 8 nitrogen and oxygen atoms in total. The molecule has 2 rings (SSSR count). The average molecular weight is 510 g/mol. The first-order chi connectivity index (χ1) is 16.0. The molecule has 2 aromatic rings. The zero-order valence-electron chi connectivity index (χ0n) is 20.2. The van der Waals surface area contributed by atoms with E-state index in [1.807, 2.05) is 18.2 Å². The molecule has 0 unspecified atom stereocenters. The van der Waals surface area contributed by atoms with Gasteiger partial charge in [0.15, 0.2) is 0 Å². The Morgan fingerprint density at radius 2 is 1.85 bits per heavy atom. The highest BCUT2D eigenvalue weighted by atomic mass is 35.5. The van der Waals surface area contributed by atoms with Crippen molar-refractivity contribution in [3.05, 3.63) is 58.6 Å². The van der Waals surface area contributed by atoms with E-state index in [1.165, 1.54) is 16.3 Å². The van der Waals surface area contributed by atoms with Crippen molar-refractivity contribution in [3.8, 4) is 5.75 Å². The Kier molecular flexibility index (Phi) is 9.76. The van der Waals surface area contributed by atoms with Crippen LogP contribution in [-0.4, -0.2) is 58.1 Å². The molecule has 0 aliphatic rings. The number of nitrogens with zero attached hydrogens (tertiary/aromatic N) is 2. The highest BCUT2D eigenvalue weighted by molar-refractivity contribution is 7.92. The summed E-state index contributed by atoms with van der Waals surface area (Å²) in [6.07, 6.45) is 1.46. The zero-order valence-corrected chi connectivity index (χ0v) is 21.7. The summed E-state index contributed by atoms with van der Waals surface area (Å²) >= 11 is 6.18. The lowest BCUT2D eigenvalue weighted by Crippen LogP contribution is -2.46. The normalized spacial score (nSPS) is 12.1. The summed E-state index contributed by atoms with van der Waals surface area (Å²) in [6, 6.07) is 11.7. The molecule has 0 heterocycles. The van der Waals surface area contributed by atoms with E-state index in [0.29, 0.717) is 22.0 Å². The highest BCUT2D eigenvalue weighted by Crippen LogP contribution is 2.28. The molecular weight excluding hydrogens is 478 g/mol. The van der Waals surface area contributed by atoms with Gasteiger partial charge in [-0.2, -0.15) is 0 Å². The molecule has 0 aromatic heterocycles. The van der Waals surface area contributed by atoms with Gasteiger partial charge in [0.25, 0.3) is 0 Å². The van der Waals surface area contributed by atoms with Crippen LogP contribution in [0.2, 0.25) is 5.02 Å². The SMILES string of the molecule is CNC(=O)[C@H](C)N(Cc1cccc(OC)c1)C(=O)CCCN(c1cccc(Cl)c1C)S(C)(=O)=O. The van der Waals surface area contributed by atoms with Gasteiger partial charge < -0.3 is 15.0 Å². The molecule has 0 fully saturated rings. The van der Waals surface area contributed by atoms with Crippen molar-refractivity contribution in [2.24, 2.45) is 0 Å². The molecule has 0 spiro atoms. The number of hydrogen-bond acceptors (Lipinski definition) is 5. The van der Waals surface area contributed by atoms with E-state index in [9.17, 15) is 18.0 Å². The lowest BCUT2D eigenvalue weighted by molar-refractivity contribution is -0.140. The summed E-state index contributed by atoms with van der Waals surface area (Å²) in [5.41, 5.74) is 1.94. The number of amides is 2. The summed E-state index contributed by atoms with van der Waals surface area (Å²) < 4.78 is 31.4. The number of likely N-dealkylation sites (N-methyl/N-ethyl adjacent to an activating group) is 1. The molecule has 10 heteroatoms. The van der Waals surface area contributed by atoms with Crippen molar-refractivity contribution in [3.63, 3.8) is 0 Å². The zero-order chi connectivity index (χ0) is 25.5. The van der Waals surface area contributed by atoms with Crippen LogP contribution in [0, 0.1) is 6.92 Å². The number of carbonyl (C=O) groups excluding carboxylic acids is 2. The van der Waals surface area contributed by atoms with Gasteiger partial charge in [0.1, 0.15) is 11.8 Å². The maximum Gasteiger partial charge on any atom is 0.242 e. The highest BCUT2D eigenvalue weighted by Gasteiger charge is 2.26. The standard InChI is InChI=1S/C24H32ClN3O5S/c1-17-21(25)11-7-12-22(17)28(34(5,31)32)14-8-13-23(29)27(18(2)24(30)26-3)16-19-9-6-10-20(15-19)33-4/h6-7,9-12,15,18H,8,13-14,16H2,1-5H3,(H,26,30)/t18-/m0/s1. The minimum Gasteiger partial charge on any atom is -0.497 e. The number of benzene rings is 2. The Bertz CT molecular complexity index is 1120. The van der Waals surface area contributed by atoms with Crippen LogP contribution in [-0.2, 0) is 26.2 Å².